The molecular formula is C28H36ClN3O3. The molecule has 2 aliphatic heterocycles. The third-order valence-corrected chi connectivity index (χ3v) is 7.42. The SMILES string of the molecule is CC(=O)N1CCC(C(=O)N2CCN(CC(OCc3cccc(C)c3)c3ccc(Cl)cc3)CC2)CC1. The number of hydrogen-bond donors (Lipinski definition) is 0. The topological polar surface area (TPSA) is 53.1 Å². The molecule has 0 aromatic heterocycles. The van der Waals surface area contributed by atoms with Crippen molar-refractivity contribution in [2.24, 2.45) is 5.92 Å². The summed E-state index contributed by atoms with van der Waals surface area (Å²) in [5.74, 6) is 0.388. The largest absolute Gasteiger partial charge is 0.368 e. The lowest BCUT2D eigenvalue weighted by molar-refractivity contribution is -0.141. The summed E-state index contributed by atoms with van der Waals surface area (Å²) < 4.78 is 6.41. The zero-order valence-corrected chi connectivity index (χ0v) is 21.5. The average molecular weight is 498 g/mol. The molecule has 2 aromatic carbocycles. The summed E-state index contributed by atoms with van der Waals surface area (Å²) in [5.41, 5.74) is 3.50. The second-order valence-electron chi connectivity index (χ2n) is 9.75. The van der Waals surface area contributed by atoms with Gasteiger partial charge >= 0.3 is 0 Å². The maximum absolute atomic E-state index is 13.1. The predicted octanol–water partition coefficient (Wildman–Crippen LogP) is 4.31. The lowest BCUT2D eigenvalue weighted by atomic mass is 9.95. The first-order valence-corrected chi connectivity index (χ1v) is 13.0. The van der Waals surface area contributed by atoms with Crippen LogP contribution >= 0.6 is 11.6 Å². The van der Waals surface area contributed by atoms with Gasteiger partial charge in [0, 0.05) is 63.7 Å². The van der Waals surface area contributed by atoms with E-state index in [0.717, 1.165) is 56.7 Å². The molecule has 2 amide bonds. The summed E-state index contributed by atoms with van der Waals surface area (Å²) in [4.78, 5) is 30.9. The number of carbonyl (C=O) groups is 2. The van der Waals surface area contributed by atoms with E-state index < -0.39 is 0 Å². The Morgan fingerprint density at radius 3 is 2.29 bits per heavy atom. The highest BCUT2D eigenvalue weighted by molar-refractivity contribution is 6.30. The molecule has 1 atom stereocenters. The fraction of sp³-hybridized carbons (Fsp3) is 0.500. The van der Waals surface area contributed by atoms with Crippen LogP contribution in [0.3, 0.4) is 0 Å². The Morgan fingerprint density at radius 1 is 0.971 bits per heavy atom. The number of aryl methyl sites for hydroxylation is 1. The summed E-state index contributed by atoms with van der Waals surface area (Å²) in [6.07, 6.45) is 1.46. The number of halogens is 1. The monoisotopic (exact) mass is 497 g/mol. The quantitative estimate of drug-likeness (QED) is 0.572. The molecule has 0 N–H and O–H groups in total. The second kappa shape index (κ2) is 12.0. The second-order valence-corrected chi connectivity index (χ2v) is 10.2. The van der Waals surface area contributed by atoms with Crippen molar-refractivity contribution in [3.8, 4) is 0 Å². The standard InChI is InChI=1S/C28H36ClN3O3/c1-21-4-3-5-23(18-21)20-35-27(24-6-8-26(29)9-7-24)19-30-14-16-32(17-15-30)28(34)25-10-12-31(13-11-25)22(2)33/h3-9,18,25,27H,10-17,19-20H2,1-2H3. The third kappa shape index (κ3) is 7.06. The van der Waals surface area contributed by atoms with Crippen LogP contribution in [0.4, 0.5) is 0 Å². The summed E-state index contributed by atoms with van der Waals surface area (Å²) >= 11 is 6.12. The van der Waals surface area contributed by atoms with Crippen molar-refractivity contribution in [3.63, 3.8) is 0 Å². The maximum Gasteiger partial charge on any atom is 0.225 e. The zero-order chi connectivity index (χ0) is 24.8. The van der Waals surface area contributed by atoms with Gasteiger partial charge in [-0.05, 0) is 43.0 Å². The molecule has 35 heavy (non-hydrogen) atoms. The van der Waals surface area contributed by atoms with E-state index in [1.165, 1.54) is 5.56 Å². The minimum atomic E-state index is -0.0778. The first-order valence-electron chi connectivity index (χ1n) is 12.6. The highest BCUT2D eigenvalue weighted by atomic mass is 35.5. The number of hydrogen-bond acceptors (Lipinski definition) is 4. The van der Waals surface area contributed by atoms with Crippen LogP contribution in [0, 0.1) is 12.8 Å². The molecule has 7 heteroatoms. The highest BCUT2D eigenvalue weighted by Gasteiger charge is 2.31. The summed E-state index contributed by atoms with van der Waals surface area (Å²) in [7, 11) is 0. The van der Waals surface area contributed by atoms with Gasteiger partial charge < -0.3 is 14.5 Å². The van der Waals surface area contributed by atoms with E-state index in [2.05, 4.69) is 36.1 Å². The van der Waals surface area contributed by atoms with Crippen molar-refractivity contribution in [1.29, 1.82) is 0 Å². The fourth-order valence-corrected chi connectivity index (χ4v) is 5.14. The first-order chi connectivity index (χ1) is 16.9. The Labute approximate surface area is 213 Å². The third-order valence-electron chi connectivity index (χ3n) is 7.17. The molecule has 0 radical (unpaired) electrons. The Kier molecular flexibility index (Phi) is 8.82. The van der Waals surface area contributed by atoms with Gasteiger partial charge in [0.05, 0.1) is 12.7 Å². The zero-order valence-electron chi connectivity index (χ0n) is 20.8. The Morgan fingerprint density at radius 2 is 1.66 bits per heavy atom. The van der Waals surface area contributed by atoms with Crippen LogP contribution in [-0.2, 0) is 20.9 Å². The van der Waals surface area contributed by atoms with Gasteiger partial charge in [-0.2, -0.15) is 0 Å². The number of piperazine rings is 1. The van der Waals surface area contributed by atoms with Crippen molar-refractivity contribution >= 4 is 23.4 Å². The average Bonchev–Trinajstić information content (AvgIpc) is 2.87. The van der Waals surface area contributed by atoms with Crippen LogP contribution in [0.25, 0.3) is 0 Å². The first kappa shape index (κ1) is 25.7. The summed E-state index contributed by atoms with van der Waals surface area (Å²) in [6, 6.07) is 16.3. The minimum Gasteiger partial charge on any atom is -0.368 e. The number of rotatable bonds is 7. The highest BCUT2D eigenvalue weighted by Crippen LogP contribution is 2.25. The van der Waals surface area contributed by atoms with E-state index in [1.54, 1.807) is 6.92 Å². The van der Waals surface area contributed by atoms with Crippen LogP contribution < -0.4 is 0 Å². The molecule has 0 bridgehead atoms. The van der Waals surface area contributed by atoms with Gasteiger partial charge in [0.2, 0.25) is 11.8 Å². The smallest absolute Gasteiger partial charge is 0.225 e. The lowest BCUT2D eigenvalue weighted by Crippen LogP contribution is -2.52. The molecule has 2 heterocycles. The normalized spacial score (nSPS) is 18.5. The number of ether oxygens (including phenoxy) is 1. The van der Waals surface area contributed by atoms with Gasteiger partial charge in [0.25, 0.3) is 0 Å². The van der Waals surface area contributed by atoms with Gasteiger partial charge in [0.15, 0.2) is 0 Å². The van der Waals surface area contributed by atoms with Gasteiger partial charge in [-0.3, -0.25) is 14.5 Å². The summed E-state index contributed by atoms with van der Waals surface area (Å²) in [5, 5.41) is 0.715. The minimum absolute atomic E-state index is 0.0385. The van der Waals surface area contributed by atoms with E-state index >= 15 is 0 Å². The maximum atomic E-state index is 13.1. The van der Waals surface area contributed by atoms with Crippen molar-refractivity contribution < 1.29 is 14.3 Å². The van der Waals surface area contributed by atoms with Crippen molar-refractivity contribution in [1.82, 2.24) is 14.7 Å². The molecule has 2 aromatic rings. The van der Waals surface area contributed by atoms with Crippen LogP contribution in [0.2, 0.25) is 5.02 Å². The molecule has 188 valence electrons. The van der Waals surface area contributed by atoms with Gasteiger partial charge in [-0.25, -0.2) is 0 Å². The number of amides is 2. The molecule has 6 nitrogen and oxygen atoms in total. The number of likely N-dealkylation sites (tertiary alicyclic amines) is 1. The molecule has 0 spiro atoms. The Hall–Kier alpha value is -2.41. The van der Waals surface area contributed by atoms with Crippen LogP contribution in [0.15, 0.2) is 48.5 Å². The lowest BCUT2D eigenvalue weighted by Gasteiger charge is -2.39. The molecule has 1 unspecified atom stereocenters. The van der Waals surface area contributed by atoms with E-state index in [0.29, 0.717) is 24.7 Å². The van der Waals surface area contributed by atoms with Crippen molar-refractivity contribution in [2.45, 2.75) is 39.4 Å². The van der Waals surface area contributed by atoms with Crippen LogP contribution in [-0.4, -0.2) is 72.3 Å². The fourth-order valence-electron chi connectivity index (χ4n) is 5.02. The Bertz CT molecular complexity index is 997. The Balaban J connectivity index is 1.32. The molecule has 0 aliphatic carbocycles. The van der Waals surface area contributed by atoms with Gasteiger partial charge in [0.1, 0.15) is 0 Å². The van der Waals surface area contributed by atoms with E-state index in [9.17, 15) is 9.59 Å². The molecule has 2 saturated heterocycles. The van der Waals surface area contributed by atoms with Gasteiger partial charge in [-0.15, -0.1) is 0 Å². The van der Waals surface area contributed by atoms with E-state index in [1.807, 2.05) is 34.1 Å². The van der Waals surface area contributed by atoms with E-state index in [4.69, 9.17) is 16.3 Å². The summed E-state index contributed by atoms with van der Waals surface area (Å²) in [6.45, 7) is 9.51. The number of carbonyl (C=O) groups excluding carboxylic acids is 2. The van der Waals surface area contributed by atoms with Crippen LogP contribution in [0.1, 0.15) is 42.6 Å². The molecule has 2 aliphatic rings. The van der Waals surface area contributed by atoms with Crippen LogP contribution in [0.5, 0.6) is 0 Å². The van der Waals surface area contributed by atoms with Gasteiger partial charge in [-0.1, -0.05) is 53.6 Å². The predicted molar refractivity (Wildman–Crippen MR) is 138 cm³/mol. The molecule has 0 saturated carbocycles. The molecule has 2 fully saturated rings. The number of nitrogens with zero attached hydrogens (tertiary/aromatic N) is 3. The number of piperidine rings is 1. The van der Waals surface area contributed by atoms with E-state index in [-0.39, 0.29) is 23.8 Å². The number of benzene rings is 2. The molecular weight excluding hydrogens is 462 g/mol. The van der Waals surface area contributed by atoms with Crippen molar-refractivity contribution in [3.05, 3.63) is 70.2 Å². The molecule has 4 rings (SSSR count). The van der Waals surface area contributed by atoms with Crippen molar-refractivity contribution in [2.75, 3.05) is 45.8 Å².